The standard InChI is InChI=1S/C24H23N3O4/c28-22(17-6-2-1-3-7-17)26-18-10-12-19(13-11-18)27-14-4-9-21(24(27)30)23(29)25-16-20-8-5-15-31-20/h1-4,6-7,9-14,20H,5,8,15-16H2,(H,25,29)(H,26,28)/t20-/m0/s1. The van der Waals surface area contributed by atoms with E-state index in [9.17, 15) is 14.4 Å². The Bertz CT molecular complexity index is 1120. The van der Waals surface area contributed by atoms with Crippen molar-refractivity contribution in [2.24, 2.45) is 0 Å². The molecule has 0 spiro atoms. The van der Waals surface area contributed by atoms with Crippen molar-refractivity contribution < 1.29 is 14.3 Å². The van der Waals surface area contributed by atoms with Gasteiger partial charge in [0.05, 0.1) is 6.10 Å². The number of hydrogen-bond acceptors (Lipinski definition) is 4. The molecule has 0 unspecified atom stereocenters. The Labute approximate surface area is 179 Å². The lowest BCUT2D eigenvalue weighted by atomic mass is 10.2. The summed E-state index contributed by atoms with van der Waals surface area (Å²) in [6.45, 7) is 1.10. The van der Waals surface area contributed by atoms with Gasteiger partial charge in [-0.1, -0.05) is 18.2 Å². The molecule has 2 heterocycles. The minimum absolute atomic E-state index is 0.00790. The van der Waals surface area contributed by atoms with Gasteiger partial charge in [0.15, 0.2) is 0 Å². The van der Waals surface area contributed by atoms with E-state index in [1.807, 2.05) is 6.07 Å². The molecule has 0 radical (unpaired) electrons. The van der Waals surface area contributed by atoms with Crippen molar-refractivity contribution in [3.05, 3.63) is 94.4 Å². The molecule has 7 nitrogen and oxygen atoms in total. The minimum atomic E-state index is -0.415. The zero-order chi connectivity index (χ0) is 21.6. The average molecular weight is 417 g/mol. The summed E-state index contributed by atoms with van der Waals surface area (Å²) in [6.07, 6.45) is 3.51. The van der Waals surface area contributed by atoms with E-state index in [4.69, 9.17) is 4.74 Å². The van der Waals surface area contributed by atoms with Gasteiger partial charge in [0, 0.05) is 36.3 Å². The van der Waals surface area contributed by atoms with Crippen LogP contribution in [0.1, 0.15) is 33.6 Å². The van der Waals surface area contributed by atoms with E-state index in [0.29, 0.717) is 30.1 Å². The van der Waals surface area contributed by atoms with Crippen molar-refractivity contribution in [3.63, 3.8) is 0 Å². The van der Waals surface area contributed by atoms with Crippen molar-refractivity contribution in [1.29, 1.82) is 0 Å². The van der Waals surface area contributed by atoms with E-state index in [1.54, 1.807) is 60.8 Å². The fourth-order valence-electron chi connectivity index (χ4n) is 3.48. The van der Waals surface area contributed by atoms with Gasteiger partial charge in [-0.3, -0.25) is 19.0 Å². The van der Waals surface area contributed by atoms with Crippen molar-refractivity contribution in [2.75, 3.05) is 18.5 Å². The smallest absolute Gasteiger partial charge is 0.267 e. The first-order chi connectivity index (χ1) is 15.1. The van der Waals surface area contributed by atoms with Crippen LogP contribution in [-0.2, 0) is 4.74 Å². The monoisotopic (exact) mass is 417 g/mol. The molecule has 1 aliphatic heterocycles. The van der Waals surface area contributed by atoms with Crippen LogP contribution in [0.3, 0.4) is 0 Å². The second kappa shape index (κ2) is 9.40. The molecule has 0 aliphatic carbocycles. The van der Waals surface area contributed by atoms with Gasteiger partial charge in [0.25, 0.3) is 17.4 Å². The Kier molecular flexibility index (Phi) is 6.24. The van der Waals surface area contributed by atoms with E-state index in [0.717, 1.165) is 12.8 Å². The minimum Gasteiger partial charge on any atom is -0.376 e. The Hall–Kier alpha value is -3.71. The maximum Gasteiger partial charge on any atom is 0.267 e. The van der Waals surface area contributed by atoms with Crippen LogP contribution in [0.2, 0.25) is 0 Å². The molecule has 0 saturated carbocycles. The van der Waals surface area contributed by atoms with Crippen LogP contribution in [-0.4, -0.2) is 35.6 Å². The molecule has 1 fully saturated rings. The summed E-state index contributed by atoms with van der Waals surface area (Å²) in [5, 5.41) is 5.60. The van der Waals surface area contributed by atoms with Crippen molar-refractivity contribution in [2.45, 2.75) is 18.9 Å². The Morgan fingerprint density at radius 2 is 1.74 bits per heavy atom. The van der Waals surface area contributed by atoms with Crippen molar-refractivity contribution in [1.82, 2.24) is 9.88 Å². The summed E-state index contributed by atoms with van der Waals surface area (Å²) in [6, 6.07) is 19.0. The predicted octanol–water partition coefficient (Wildman–Crippen LogP) is 3.00. The summed E-state index contributed by atoms with van der Waals surface area (Å²) in [5.74, 6) is -0.628. The summed E-state index contributed by atoms with van der Waals surface area (Å²) in [5.41, 5.74) is 1.42. The van der Waals surface area contributed by atoms with Gasteiger partial charge in [-0.25, -0.2) is 0 Å². The second-order valence-corrected chi connectivity index (χ2v) is 7.31. The molecule has 0 bridgehead atoms. The van der Waals surface area contributed by atoms with Crippen LogP contribution in [0, 0.1) is 0 Å². The Balaban J connectivity index is 1.46. The van der Waals surface area contributed by atoms with Crippen LogP contribution in [0.5, 0.6) is 0 Å². The lowest BCUT2D eigenvalue weighted by Gasteiger charge is -2.12. The van der Waals surface area contributed by atoms with Gasteiger partial charge in [0.2, 0.25) is 0 Å². The number of carbonyl (C=O) groups excluding carboxylic acids is 2. The zero-order valence-corrected chi connectivity index (χ0v) is 16.9. The molecule has 1 atom stereocenters. The average Bonchev–Trinajstić information content (AvgIpc) is 3.33. The van der Waals surface area contributed by atoms with Gasteiger partial charge < -0.3 is 15.4 Å². The number of ether oxygens (including phenoxy) is 1. The summed E-state index contributed by atoms with van der Waals surface area (Å²) >= 11 is 0. The highest BCUT2D eigenvalue weighted by Crippen LogP contribution is 2.14. The molecule has 1 aliphatic rings. The Morgan fingerprint density at radius 1 is 0.968 bits per heavy atom. The van der Waals surface area contributed by atoms with E-state index >= 15 is 0 Å². The summed E-state index contributed by atoms with van der Waals surface area (Å²) < 4.78 is 6.91. The molecular weight excluding hydrogens is 394 g/mol. The fraction of sp³-hybridized carbons (Fsp3) is 0.208. The quantitative estimate of drug-likeness (QED) is 0.645. The first kappa shape index (κ1) is 20.6. The van der Waals surface area contributed by atoms with Crippen LogP contribution in [0.4, 0.5) is 5.69 Å². The molecule has 7 heteroatoms. The van der Waals surface area contributed by atoms with E-state index < -0.39 is 11.5 Å². The lowest BCUT2D eigenvalue weighted by molar-refractivity contribution is 0.0856. The third-order valence-corrected chi connectivity index (χ3v) is 5.15. The molecule has 2 N–H and O–H groups in total. The SMILES string of the molecule is O=C(Nc1ccc(-n2cccc(C(=O)NC[C@@H]3CCCO3)c2=O)cc1)c1ccccc1. The van der Waals surface area contributed by atoms with Crippen LogP contribution in [0.15, 0.2) is 77.7 Å². The highest BCUT2D eigenvalue weighted by molar-refractivity contribution is 6.04. The topological polar surface area (TPSA) is 89.4 Å². The van der Waals surface area contributed by atoms with Crippen molar-refractivity contribution in [3.8, 4) is 5.69 Å². The van der Waals surface area contributed by atoms with Gasteiger partial charge in [-0.15, -0.1) is 0 Å². The number of pyridine rings is 1. The van der Waals surface area contributed by atoms with Crippen LogP contribution < -0.4 is 16.2 Å². The molecule has 3 aromatic rings. The maximum absolute atomic E-state index is 12.9. The molecule has 158 valence electrons. The first-order valence-corrected chi connectivity index (χ1v) is 10.2. The lowest BCUT2D eigenvalue weighted by Crippen LogP contribution is -2.36. The number of carbonyl (C=O) groups is 2. The predicted molar refractivity (Wildman–Crippen MR) is 118 cm³/mol. The molecule has 4 rings (SSSR count). The largest absolute Gasteiger partial charge is 0.376 e. The highest BCUT2D eigenvalue weighted by atomic mass is 16.5. The number of hydrogen-bond donors (Lipinski definition) is 2. The fourth-order valence-corrected chi connectivity index (χ4v) is 3.48. The molecule has 2 amide bonds. The van der Waals surface area contributed by atoms with Crippen LogP contribution >= 0.6 is 0 Å². The van der Waals surface area contributed by atoms with Gasteiger partial charge in [-0.2, -0.15) is 0 Å². The number of rotatable bonds is 6. The third kappa shape index (κ3) is 4.90. The van der Waals surface area contributed by atoms with Crippen LogP contribution in [0.25, 0.3) is 5.69 Å². The number of nitrogens with one attached hydrogen (secondary N) is 2. The molecule has 1 aromatic heterocycles. The number of nitrogens with zero attached hydrogens (tertiary/aromatic N) is 1. The number of benzene rings is 2. The van der Waals surface area contributed by atoms with Gasteiger partial charge in [-0.05, 0) is 61.4 Å². The normalized spacial score (nSPS) is 15.4. The van der Waals surface area contributed by atoms with E-state index in [-0.39, 0.29) is 17.6 Å². The zero-order valence-electron chi connectivity index (χ0n) is 16.9. The third-order valence-electron chi connectivity index (χ3n) is 5.15. The first-order valence-electron chi connectivity index (χ1n) is 10.2. The molecular formula is C24H23N3O4. The van der Waals surface area contributed by atoms with E-state index in [2.05, 4.69) is 10.6 Å². The molecule has 2 aromatic carbocycles. The molecule has 31 heavy (non-hydrogen) atoms. The second-order valence-electron chi connectivity index (χ2n) is 7.31. The maximum atomic E-state index is 12.9. The summed E-state index contributed by atoms with van der Waals surface area (Å²) in [7, 11) is 0. The number of amides is 2. The molecule has 1 saturated heterocycles. The number of aromatic nitrogens is 1. The van der Waals surface area contributed by atoms with Crippen molar-refractivity contribution >= 4 is 17.5 Å². The highest BCUT2D eigenvalue weighted by Gasteiger charge is 2.18. The Morgan fingerprint density at radius 3 is 2.45 bits per heavy atom. The van der Waals surface area contributed by atoms with Gasteiger partial charge >= 0.3 is 0 Å². The van der Waals surface area contributed by atoms with Gasteiger partial charge in [0.1, 0.15) is 5.56 Å². The van der Waals surface area contributed by atoms with E-state index in [1.165, 1.54) is 10.6 Å². The number of anilines is 1. The summed E-state index contributed by atoms with van der Waals surface area (Å²) in [4.78, 5) is 37.6.